The molecule has 186 valence electrons. The molecule has 2 aromatic heterocycles. The Labute approximate surface area is 214 Å². The number of aliphatic imine (C=N–C) groups is 1. The van der Waals surface area contributed by atoms with Gasteiger partial charge in [0.1, 0.15) is 5.69 Å². The molecule has 0 saturated heterocycles. The van der Waals surface area contributed by atoms with E-state index in [2.05, 4.69) is 43.9 Å². The number of carbonyl (C=O) groups excluding carboxylic acids is 2. The molecule has 8 nitrogen and oxygen atoms in total. The summed E-state index contributed by atoms with van der Waals surface area (Å²) in [6.45, 7) is 7.86. The maximum atomic E-state index is 12.4. The number of carbonyl (C=O) groups is 2. The number of benzene rings is 1. The summed E-state index contributed by atoms with van der Waals surface area (Å²) in [5.41, 5.74) is 5.12. The SMILES string of the molecule is C/C1=N/C=C\C(c2cccc(-c3csc(NC(=O)CNC(=O)c4ccn(C(C)(C)C)n4)n3)c2)=C/CC1. The first-order valence-corrected chi connectivity index (χ1v) is 12.7. The van der Waals surface area contributed by atoms with Gasteiger partial charge in [-0.3, -0.25) is 19.3 Å². The first kappa shape index (κ1) is 25.2. The van der Waals surface area contributed by atoms with E-state index in [1.165, 1.54) is 11.3 Å². The number of hydrogen-bond donors (Lipinski definition) is 2. The van der Waals surface area contributed by atoms with Crippen LogP contribution in [0.4, 0.5) is 5.13 Å². The molecule has 1 aromatic carbocycles. The van der Waals surface area contributed by atoms with Crippen molar-refractivity contribution in [1.29, 1.82) is 0 Å². The van der Waals surface area contributed by atoms with Crippen LogP contribution in [0.5, 0.6) is 0 Å². The van der Waals surface area contributed by atoms with Gasteiger partial charge in [0.2, 0.25) is 5.91 Å². The Kier molecular flexibility index (Phi) is 7.59. The first-order valence-electron chi connectivity index (χ1n) is 11.8. The summed E-state index contributed by atoms with van der Waals surface area (Å²) in [5.74, 6) is -0.753. The number of nitrogens with one attached hydrogen (secondary N) is 2. The minimum absolute atomic E-state index is 0.173. The third kappa shape index (κ3) is 6.42. The van der Waals surface area contributed by atoms with Gasteiger partial charge in [-0.25, -0.2) is 4.98 Å². The van der Waals surface area contributed by atoms with Crippen molar-refractivity contribution in [2.75, 3.05) is 11.9 Å². The van der Waals surface area contributed by atoms with Crippen LogP contribution >= 0.6 is 11.3 Å². The van der Waals surface area contributed by atoms with Crippen LogP contribution in [0.3, 0.4) is 0 Å². The number of hydrogen-bond acceptors (Lipinski definition) is 6. The highest BCUT2D eigenvalue weighted by Gasteiger charge is 2.18. The van der Waals surface area contributed by atoms with E-state index in [-0.39, 0.29) is 23.7 Å². The van der Waals surface area contributed by atoms with Gasteiger partial charge in [-0.2, -0.15) is 5.10 Å². The largest absolute Gasteiger partial charge is 0.342 e. The third-order valence-corrected chi connectivity index (χ3v) is 6.34. The molecular formula is C27H30N6O2S. The van der Waals surface area contributed by atoms with Gasteiger partial charge in [-0.15, -0.1) is 11.3 Å². The summed E-state index contributed by atoms with van der Waals surface area (Å²) >= 11 is 1.34. The van der Waals surface area contributed by atoms with E-state index in [1.54, 1.807) is 16.9 Å². The number of allylic oxidation sites excluding steroid dienone is 3. The molecule has 0 saturated carbocycles. The summed E-state index contributed by atoms with van der Waals surface area (Å²) in [7, 11) is 0. The Bertz CT molecular complexity index is 1360. The van der Waals surface area contributed by atoms with E-state index in [0.29, 0.717) is 5.13 Å². The zero-order valence-electron chi connectivity index (χ0n) is 20.9. The number of amides is 2. The van der Waals surface area contributed by atoms with Gasteiger partial charge in [0.25, 0.3) is 5.91 Å². The van der Waals surface area contributed by atoms with Gasteiger partial charge in [0.05, 0.1) is 17.8 Å². The summed E-state index contributed by atoms with van der Waals surface area (Å²) in [6.07, 6.45) is 9.74. The van der Waals surface area contributed by atoms with Crippen molar-refractivity contribution in [2.45, 2.75) is 46.1 Å². The molecule has 0 fully saturated rings. The second kappa shape index (κ2) is 10.8. The topological polar surface area (TPSA) is 101 Å². The fourth-order valence-electron chi connectivity index (χ4n) is 3.58. The second-order valence-electron chi connectivity index (χ2n) is 9.54. The van der Waals surface area contributed by atoms with Crippen LogP contribution in [0.2, 0.25) is 0 Å². The normalized spacial score (nSPS) is 17.7. The summed E-state index contributed by atoms with van der Waals surface area (Å²) in [6, 6.07) is 9.79. The molecule has 0 atom stereocenters. The Morgan fingerprint density at radius 2 is 1.97 bits per heavy atom. The van der Waals surface area contributed by atoms with Crippen LogP contribution in [-0.2, 0) is 10.3 Å². The molecule has 0 radical (unpaired) electrons. The molecule has 3 heterocycles. The Morgan fingerprint density at radius 3 is 2.75 bits per heavy atom. The lowest BCUT2D eigenvalue weighted by molar-refractivity contribution is -0.115. The molecule has 2 amide bonds. The van der Waals surface area contributed by atoms with E-state index in [1.807, 2.05) is 57.5 Å². The third-order valence-electron chi connectivity index (χ3n) is 5.58. The average molecular weight is 503 g/mol. The maximum Gasteiger partial charge on any atom is 0.272 e. The molecule has 9 heteroatoms. The molecule has 1 aliphatic rings. The summed E-state index contributed by atoms with van der Waals surface area (Å²) in [4.78, 5) is 33.7. The van der Waals surface area contributed by atoms with Crippen molar-refractivity contribution < 1.29 is 9.59 Å². The predicted octanol–water partition coefficient (Wildman–Crippen LogP) is 5.28. The second-order valence-corrected chi connectivity index (χ2v) is 10.4. The van der Waals surface area contributed by atoms with Crippen molar-refractivity contribution in [3.05, 3.63) is 71.5 Å². The van der Waals surface area contributed by atoms with Crippen molar-refractivity contribution >= 4 is 39.6 Å². The van der Waals surface area contributed by atoms with E-state index in [0.717, 1.165) is 40.9 Å². The highest BCUT2D eigenvalue weighted by Crippen LogP contribution is 2.28. The van der Waals surface area contributed by atoms with E-state index in [9.17, 15) is 9.59 Å². The molecule has 0 spiro atoms. The van der Waals surface area contributed by atoms with Gasteiger partial charge in [0.15, 0.2) is 5.13 Å². The van der Waals surface area contributed by atoms with Gasteiger partial charge >= 0.3 is 0 Å². The smallest absolute Gasteiger partial charge is 0.272 e. The van der Waals surface area contributed by atoms with E-state index in [4.69, 9.17) is 0 Å². The summed E-state index contributed by atoms with van der Waals surface area (Å²) in [5, 5.41) is 12.0. The van der Waals surface area contributed by atoms with E-state index < -0.39 is 5.91 Å². The average Bonchev–Trinajstić information content (AvgIpc) is 3.50. The number of aromatic nitrogens is 3. The number of thiazole rings is 1. The summed E-state index contributed by atoms with van der Waals surface area (Å²) < 4.78 is 1.72. The Balaban J connectivity index is 1.36. The van der Waals surface area contributed by atoms with Gasteiger partial charge < -0.3 is 10.6 Å². The minimum Gasteiger partial charge on any atom is -0.342 e. The monoisotopic (exact) mass is 502 g/mol. The van der Waals surface area contributed by atoms with Gasteiger partial charge in [0, 0.05) is 29.1 Å². The molecule has 4 rings (SSSR count). The Hall–Kier alpha value is -3.85. The molecule has 2 N–H and O–H groups in total. The first-order chi connectivity index (χ1) is 17.2. The standard InChI is InChI=1S/C27H30N6O2S/c1-18-7-5-8-19(11-13-28-18)20-9-6-10-21(15-20)23-17-36-26(30-23)31-24(34)16-29-25(35)22-12-14-33(32-22)27(2,3)4/h6,8-15,17H,5,7,16H2,1-4H3,(H,29,35)(H,30,31,34)/b13-11-,19-8+,28-18-. The molecule has 0 bridgehead atoms. The van der Waals surface area contributed by atoms with Gasteiger partial charge in [-0.05, 0) is 69.9 Å². The van der Waals surface area contributed by atoms with Crippen LogP contribution in [0.1, 0.15) is 56.6 Å². The fourth-order valence-corrected chi connectivity index (χ4v) is 4.32. The quantitative estimate of drug-likeness (QED) is 0.479. The number of rotatable bonds is 6. The molecule has 0 aliphatic carbocycles. The van der Waals surface area contributed by atoms with Crippen LogP contribution in [0.25, 0.3) is 16.8 Å². The number of nitrogens with zero attached hydrogens (tertiary/aromatic N) is 4. The van der Waals surface area contributed by atoms with Crippen LogP contribution in [0, 0.1) is 0 Å². The minimum atomic E-state index is -0.400. The zero-order chi connectivity index (χ0) is 25.7. The fraction of sp³-hybridized carbons (Fsp3) is 0.296. The lowest BCUT2D eigenvalue weighted by atomic mass is 10.00. The zero-order valence-corrected chi connectivity index (χ0v) is 21.7. The lowest BCUT2D eigenvalue weighted by Gasteiger charge is -2.18. The molecular weight excluding hydrogens is 472 g/mol. The molecule has 36 heavy (non-hydrogen) atoms. The molecule has 1 aliphatic heterocycles. The Morgan fingerprint density at radius 1 is 1.17 bits per heavy atom. The van der Waals surface area contributed by atoms with Crippen LogP contribution in [0.15, 0.2) is 65.3 Å². The van der Waals surface area contributed by atoms with Crippen molar-refractivity contribution in [3.63, 3.8) is 0 Å². The van der Waals surface area contributed by atoms with E-state index >= 15 is 0 Å². The number of anilines is 1. The molecule has 0 unspecified atom stereocenters. The van der Waals surface area contributed by atoms with Crippen molar-refractivity contribution in [1.82, 2.24) is 20.1 Å². The highest BCUT2D eigenvalue weighted by atomic mass is 32.1. The lowest BCUT2D eigenvalue weighted by Crippen LogP contribution is -2.33. The van der Waals surface area contributed by atoms with Crippen LogP contribution in [-0.4, -0.2) is 38.8 Å². The maximum absolute atomic E-state index is 12.4. The van der Waals surface area contributed by atoms with Crippen LogP contribution < -0.4 is 10.6 Å². The highest BCUT2D eigenvalue weighted by molar-refractivity contribution is 7.14. The predicted molar refractivity (Wildman–Crippen MR) is 145 cm³/mol. The van der Waals surface area contributed by atoms with Crippen molar-refractivity contribution in [2.24, 2.45) is 4.99 Å². The van der Waals surface area contributed by atoms with Gasteiger partial charge in [-0.1, -0.05) is 24.3 Å². The molecule has 3 aromatic rings. The van der Waals surface area contributed by atoms with Crippen molar-refractivity contribution in [3.8, 4) is 11.3 Å².